The van der Waals surface area contributed by atoms with Crippen LogP contribution in [0.5, 0.6) is 0 Å². The van der Waals surface area contributed by atoms with Crippen molar-refractivity contribution in [2.75, 3.05) is 6.54 Å². The molecular formula is C17H23NS. The van der Waals surface area contributed by atoms with Crippen molar-refractivity contribution in [3.8, 4) is 0 Å². The first-order valence-corrected chi connectivity index (χ1v) is 7.91. The maximum Gasteiger partial charge on any atom is 0.0458 e. The van der Waals surface area contributed by atoms with E-state index in [1.807, 2.05) is 11.3 Å². The quantitative estimate of drug-likeness (QED) is 0.808. The molecule has 2 rings (SSSR count). The van der Waals surface area contributed by atoms with Gasteiger partial charge in [-0.05, 0) is 55.8 Å². The summed E-state index contributed by atoms with van der Waals surface area (Å²) in [4.78, 5) is 1.48. The van der Waals surface area contributed by atoms with E-state index in [1.165, 1.54) is 28.0 Å². The molecule has 0 aliphatic heterocycles. The molecule has 2 heteroatoms. The van der Waals surface area contributed by atoms with Gasteiger partial charge < -0.3 is 5.32 Å². The monoisotopic (exact) mass is 273 g/mol. The van der Waals surface area contributed by atoms with Crippen LogP contribution in [0, 0.1) is 13.8 Å². The van der Waals surface area contributed by atoms with Crippen molar-refractivity contribution < 1.29 is 0 Å². The molecule has 102 valence electrons. The van der Waals surface area contributed by atoms with Crippen molar-refractivity contribution in [3.63, 3.8) is 0 Å². The lowest BCUT2D eigenvalue weighted by Gasteiger charge is -2.18. The predicted octanol–water partition coefficient (Wildman–Crippen LogP) is 4.65. The molecule has 0 fully saturated rings. The van der Waals surface area contributed by atoms with Gasteiger partial charge in [0.15, 0.2) is 0 Å². The smallest absolute Gasteiger partial charge is 0.0458 e. The van der Waals surface area contributed by atoms with Gasteiger partial charge in [0.2, 0.25) is 0 Å². The number of hydrogen-bond acceptors (Lipinski definition) is 2. The largest absolute Gasteiger partial charge is 0.309 e. The van der Waals surface area contributed by atoms with E-state index in [0.717, 1.165) is 13.0 Å². The molecule has 0 bridgehead atoms. The Morgan fingerprint density at radius 1 is 1.11 bits per heavy atom. The van der Waals surface area contributed by atoms with Crippen LogP contribution in [0.1, 0.15) is 41.0 Å². The first-order chi connectivity index (χ1) is 9.20. The van der Waals surface area contributed by atoms with Gasteiger partial charge in [0.1, 0.15) is 0 Å². The zero-order valence-electron chi connectivity index (χ0n) is 12.1. The molecule has 1 aromatic heterocycles. The maximum absolute atomic E-state index is 3.69. The molecule has 2 aromatic rings. The highest BCUT2D eigenvalue weighted by molar-refractivity contribution is 7.10. The Balaban J connectivity index is 2.14. The lowest BCUT2D eigenvalue weighted by atomic mass is 10.0. The third kappa shape index (κ3) is 3.92. The van der Waals surface area contributed by atoms with E-state index in [2.05, 4.69) is 61.8 Å². The molecule has 0 aliphatic carbocycles. The molecule has 0 aliphatic rings. The molecule has 0 spiro atoms. The Kier molecular flexibility index (Phi) is 5.17. The molecule has 1 atom stereocenters. The number of rotatable bonds is 6. The van der Waals surface area contributed by atoms with Crippen molar-refractivity contribution in [2.45, 2.75) is 39.7 Å². The van der Waals surface area contributed by atoms with Crippen LogP contribution in [0.4, 0.5) is 0 Å². The van der Waals surface area contributed by atoms with Crippen LogP contribution in [-0.2, 0) is 6.42 Å². The van der Waals surface area contributed by atoms with E-state index in [9.17, 15) is 0 Å². The highest BCUT2D eigenvalue weighted by atomic mass is 32.1. The SMILES string of the molecule is CCCNC(Cc1ccc(C)cc1)c1sccc1C. The number of aryl methyl sites for hydroxylation is 2. The lowest BCUT2D eigenvalue weighted by molar-refractivity contribution is 0.535. The van der Waals surface area contributed by atoms with Crippen LogP contribution in [0.15, 0.2) is 35.7 Å². The van der Waals surface area contributed by atoms with Crippen molar-refractivity contribution >= 4 is 11.3 Å². The molecule has 1 nitrogen and oxygen atoms in total. The average Bonchev–Trinajstić information content (AvgIpc) is 2.83. The molecule has 1 N–H and O–H groups in total. The predicted molar refractivity (Wildman–Crippen MR) is 85.0 cm³/mol. The molecule has 19 heavy (non-hydrogen) atoms. The fourth-order valence-electron chi connectivity index (χ4n) is 2.28. The molecule has 0 radical (unpaired) electrons. The van der Waals surface area contributed by atoms with Crippen LogP contribution in [-0.4, -0.2) is 6.54 Å². The minimum absolute atomic E-state index is 0.447. The first-order valence-electron chi connectivity index (χ1n) is 7.03. The Morgan fingerprint density at radius 3 is 2.42 bits per heavy atom. The van der Waals surface area contributed by atoms with Gasteiger partial charge in [-0.1, -0.05) is 36.8 Å². The second kappa shape index (κ2) is 6.88. The van der Waals surface area contributed by atoms with Crippen LogP contribution in [0.3, 0.4) is 0 Å². The van der Waals surface area contributed by atoms with E-state index in [-0.39, 0.29) is 0 Å². The van der Waals surface area contributed by atoms with Gasteiger partial charge in [0.05, 0.1) is 0 Å². The van der Waals surface area contributed by atoms with Crippen LogP contribution in [0.2, 0.25) is 0 Å². The summed E-state index contributed by atoms with van der Waals surface area (Å²) in [7, 11) is 0. The van der Waals surface area contributed by atoms with E-state index in [0.29, 0.717) is 6.04 Å². The maximum atomic E-state index is 3.69. The summed E-state index contributed by atoms with van der Waals surface area (Å²) in [5.74, 6) is 0. The molecule has 1 aromatic carbocycles. The van der Waals surface area contributed by atoms with Crippen molar-refractivity contribution in [1.82, 2.24) is 5.32 Å². The van der Waals surface area contributed by atoms with E-state index in [1.54, 1.807) is 0 Å². The van der Waals surface area contributed by atoms with Gasteiger partial charge in [-0.15, -0.1) is 11.3 Å². The fraction of sp³-hybridized carbons (Fsp3) is 0.412. The number of benzene rings is 1. The highest BCUT2D eigenvalue weighted by Crippen LogP contribution is 2.27. The van der Waals surface area contributed by atoms with Crippen LogP contribution < -0.4 is 5.32 Å². The van der Waals surface area contributed by atoms with Crippen molar-refractivity contribution in [2.24, 2.45) is 0 Å². The van der Waals surface area contributed by atoms with E-state index in [4.69, 9.17) is 0 Å². The summed E-state index contributed by atoms with van der Waals surface area (Å²) in [5.41, 5.74) is 4.15. The average molecular weight is 273 g/mol. The van der Waals surface area contributed by atoms with Gasteiger partial charge in [-0.3, -0.25) is 0 Å². The molecular weight excluding hydrogens is 250 g/mol. The normalized spacial score (nSPS) is 12.6. The standard InChI is InChI=1S/C17H23NS/c1-4-10-18-16(17-14(3)9-11-19-17)12-15-7-5-13(2)6-8-15/h5-9,11,16,18H,4,10,12H2,1-3H3. The molecule has 0 saturated carbocycles. The summed E-state index contributed by atoms with van der Waals surface area (Å²) in [6.07, 6.45) is 2.25. The fourth-order valence-corrected chi connectivity index (χ4v) is 3.28. The number of hydrogen-bond donors (Lipinski definition) is 1. The lowest BCUT2D eigenvalue weighted by Crippen LogP contribution is -2.23. The highest BCUT2D eigenvalue weighted by Gasteiger charge is 2.14. The Labute approximate surface area is 120 Å². The van der Waals surface area contributed by atoms with Gasteiger partial charge >= 0.3 is 0 Å². The second-order valence-electron chi connectivity index (χ2n) is 5.16. The Bertz CT molecular complexity index is 498. The zero-order valence-corrected chi connectivity index (χ0v) is 12.9. The molecule has 0 saturated heterocycles. The van der Waals surface area contributed by atoms with Gasteiger partial charge in [0, 0.05) is 10.9 Å². The first kappa shape index (κ1) is 14.3. The van der Waals surface area contributed by atoms with Gasteiger partial charge in [-0.2, -0.15) is 0 Å². The summed E-state index contributed by atoms with van der Waals surface area (Å²) >= 11 is 1.87. The van der Waals surface area contributed by atoms with Crippen molar-refractivity contribution in [3.05, 3.63) is 57.3 Å². The van der Waals surface area contributed by atoms with Crippen molar-refractivity contribution in [1.29, 1.82) is 0 Å². The van der Waals surface area contributed by atoms with Crippen LogP contribution >= 0.6 is 11.3 Å². The molecule has 1 unspecified atom stereocenters. The summed E-state index contributed by atoms with van der Waals surface area (Å²) in [5, 5.41) is 5.88. The van der Waals surface area contributed by atoms with Gasteiger partial charge in [0.25, 0.3) is 0 Å². The second-order valence-corrected chi connectivity index (χ2v) is 6.11. The third-order valence-corrected chi connectivity index (χ3v) is 4.55. The number of thiophene rings is 1. The zero-order chi connectivity index (χ0) is 13.7. The Hall–Kier alpha value is -1.12. The minimum atomic E-state index is 0.447. The van der Waals surface area contributed by atoms with E-state index < -0.39 is 0 Å². The molecule has 0 amide bonds. The summed E-state index contributed by atoms with van der Waals surface area (Å²) in [6.45, 7) is 7.65. The Morgan fingerprint density at radius 2 is 1.84 bits per heavy atom. The third-order valence-electron chi connectivity index (χ3n) is 3.42. The minimum Gasteiger partial charge on any atom is -0.309 e. The summed E-state index contributed by atoms with van der Waals surface area (Å²) < 4.78 is 0. The molecule has 1 heterocycles. The van der Waals surface area contributed by atoms with E-state index >= 15 is 0 Å². The number of nitrogens with one attached hydrogen (secondary N) is 1. The topological polar surface area (TPSA) is 12.0 Å². The summed E-state index contributed by atoms with van der Waals surface area (Å²) in [6, 6.07) is 11.6. The van der Waals surface area contributed by atoms with Crippen LogP contribution in [0.25, 0.3) is 0 Å². The van der Waals surface area contributed by atoms with Gasteiger partial charge in [-0.25, -0.2) is 0 Å².